The van der Waals surface area contributed by atoms with Gasteiger partial charge in [0.05, 0.1) is 18.4 Å². The molecule has 2 atom stereocenters. The molecule has 2 fully saturated rings. The lowest BCUT2D eigenvalue weighted by Gasteiger charge is -2.28. The van der Waals surface area contributed by atoms with Crippen LogP contribution in [-0.2, 0) is 11.3 Å². The Bertz CT molecular complexity index is 686. The SMILES string of the molecule is O=C(CC1CC2CCC(C1)N2)Nc1cnn(Cc2ccncc2)c1. The van der Waals surface area contributed by atoms with Crippen molar-refractivity contribution in [2.24, 2.45) is 5.92 Å². The molecule has 2 saturated heterocycles. The van der Waals surface area contributed by atoms with Crippen molar-refractivity contribution in [3.05, 3.63) is 42.5 Å². The van der Waals surface area contributed by atoms with Crippen LogP contribution in [0.1, 0.15) is 37.7 Å². The Morgan fingerprint density at radius 2 is 2.00 bits per heavy atom. The van der Waals surface area contributed by atoms with Crippen molar-refractivity contribution in [2.75, 3.05) is 5.32 Å². The van der Waals surface area contributed by atoms with Gasteiger partial charge in [-0.25, -0.2) is 0 Å². The summed E-state index contributed by atoms with van der Waals surface area (Å²) in [5.41, 5.74) is 1.90. The van der Waals surface area contributed by atoms with Gasteiger partial charge in [-0.1, -0.05) is 0 Å². The van der Waals surface area contributed by atoms with Gasteiger partial charge < -0.3 is 10.6 Å². The number of aromatic nitrogens is 3. The molecule has 2 aliphatic heterocycles. The summed E-state index contributed by atoms with van der Waals surface area (Å²) in [6, 6.07) is 5.19. The Labute approximate surface area is 141 Å². The second kappa shape index (κ2) is 6.73. The van der Waals surface area contributed by atoms with E-state index in [1.54, 1.807) is 18.6 Å². The van der Waals surface area contributed by atoms with Gasteiger partial charge in [0.1, 0.15) is 0 Å². The summed E-state index contributed by atoms with van der Waals surface area (Å²) in [5, 5.41) is 10.9. The summed E-state index contributed by atoms with van der Waals surface area (Å²) in [4.78, 5) is 16.3. The number of carbonyl (C=O) groups is 1. The van der Waals surface area contributed by atoms with Crippen molar-refractivity contribution in [3.8, 4) is 0 Å². The molecule has 6 heteroatoms. The van der Waals surface area contributed by atoms with Crippen molar-refractivity contribution in [1.82, 2.24) is 20.1 Å². The standard InChI is InChI=1S/C18H23N5O/c24-18(9-14-7-15-1-2-16(8-14)21-15)22-17-10-20-23(12-17)11-13-3-5-19-6-4-13/h3-6,10,12,14-16,21H,1-2,7-9,11H2,(H,22,24). The highest BCUT2D eigenvalue weighted by Gasteiger charge is 2.34. The minimum absolute atomic E-state index is 0.102. The maximum atomic E-state index is 12.3. The molecule has 6 nitrogen and oxygen atoms in total. The second-order valence-corrected chi connectivity index (χ2v) is 7.01. The van der Waals surface area contributed by atoms with Gasteiger partial charge in [-0.05, 0) is 49.3 Å². The predicted molar refractivity (Wildman–Crippen MR) is 91.5 cm³/mol. The van der Waals surface area contributed by atoms with Crippen LogP contribution in [0.4, 0.5) is 5.69 Å². The molecule has 1 amide bonds. The lowest BCUT2D eigenvalue weighted by Crippen LogP contribution is -2.39. The number of pyridine rings is 1. The molecular weight excluding hydrogens is 302 g/mol. The van der Waals surface area contributed by atoms with Crippen molar-refractivity contribution < 1.29 is 4.79 Å². The first-order chi connectivity index (χ1) is 11.7. The zero-order valence-corrected chi connectivity index (χ0v) is 13.7. The maximum absolute atomic E-state index is 12.3. The first kappa shape index (κ1) is 15.3. The Kier molecular flexibility index (Phi) is 4.30. The van der Waals surface area contributed by atoms with Crippen molar-refractivity contribution >= 4 is 11.6 Å². The number of hydrogen-bond acceptors (Lipinski definition) is 4. The normalized spacial score (nSPS) is 25.6. The zero-order chi connectivity index (χ0) is 16.4. The monoisotopic (exact) mass is 325 g/mol. The quantitative estimate of drug-likeness (QED) is 0.884. The molecule has 2 N–H and O–H groups in total. The third-order valence-corrected chi connectivity index (χ3v) is 5.06. The van der Waals surface area contributed by atoms with Crippen molar-refractivity contribution in [1.29, 1.82) is 0 Å². The fraction of sp³-hybridized carbons (Fsp3) is 0.500. The Morgan fingerprint density at radius 1 is 1.25 bits per heavy atom. The van der Waals surface area contributed by atoms with Gasteiger partial charge in [-0.2, -0.15) is 5.10 Å². The van der Waals surface area contributed by atoms with E-state index in [0.717, 1.165) is 24.1 Å². The lowest BCUT2D eigenvalue weighted by molar-refractivity contribution is -0.117. The topological polar surface area (TPSA) is 71.8 Å². The van der Waals surface area contributed by atoms with Crippen molar-refractivity contribution in [3.63, 3.8) is 0 Å². The minimum Gasteiger partial charge on any atom is -0.323 e. The number of fused-ring (bicyclic) bond motifs is 2. The maximum Gasteiger partial charge on any atom is 0.224 e. The predicted octanol–water partition coefficient (Wildman–Crippen LogP) is 2.19. The number of nitrogens with one attached hydrogen (secondary N) is 2. The number of nitrogens with zero attached hydrogens (tertiary/aromatic N) is 3. The van der Waals surface area contributed by atoms with Crippen LogP contribution < -0.4 is 10.6 Å². The molecule has 2 unspecified atom stereocenters. The summed E-state index contributed by atoms with van der Waals surface area (Å²) < 4.78 is 1.83. The average molecular weight is 325 g/mol. The first-order valence-electron chi connectivity index (χ1n) is 8.72. The van der Waals surface area contributed by atoms with E-state index in [2.05, 4.69) is 20.7 Å². The van der Waals surface area contributed by atoms with Gasteiger partial charge in [0.25, 0.3) is 0 Å². The van der Waals surface area contributed by atoms with Gasteiger partial charge in [-0.3, -0.25) is 14.5 Å². The van der Waals surface area contributed by atoms with Crippen molar-refractivity contribution in [2.45, 2.75) is 50.7 Å². The summed E-state index contributed by atoms with van der Waals surface area (Å²) in [6.07, 6.45) is 12.5. The summed E-state index contributed by atoms with van der Waals surface area (Å²) in [6.45, 7) is 0.677. The van der Waals surface area contributed by atoms with Crippen LogP contribution in [0.25, 0.3) is 0 Å². The number of rotatable bonds is 5. The molecule has 4 heterocycles. The smallest absolute Gasteiger partial charge is 0.224 e. The summed E-state index contributed by atoms with van der Waals surface area (Å²) >= 11 is 0. The van der Waals surface area contributed by atoms with E-state index < -0.39 is 0 Å². The van der Waals surface area contributed by atoms with E-state index in [4.69, 9.17) is 0 Å². The van der Waals surface area contributed by atoms with Crippen LogP contribution >= 0.6 is 0 Å². The van der Waals surface area contributed by atoms with E-state index in [-0.39, 0.29) is 5.91 Å². The Morgan fingerprint density at radius 3 is 2.75 bits per heavy atom. The van der Waals surface area contributed by atoms with Gasteiger partial charge in [0.2, 0.25) is 5.91 Å². The van der Waals surface area contributed by atoms with Crippen LogP contribution in [0, 0.1) is 5.92 Å². The first-order valence-corrected chi connectivity index (χ1v) is 8.72. The molecule has 0 spiro atoms. The van der Waals surface area contributed by atoms with E-state index in [9.17, 15) is 4.79 Å². The van der Waals surface area contributed by atoms with Gasteiger partial charge in [0, 0.05) is 37.1 Å². The zero-order valence-electron chi connectivity index (χ0n) is 13.7. The Balaban J connectivity index is 1.30. The molecular formula is C18H23N5O. The highest BCUT2D eigenvalue weighted by Crippen LogP contribution is 2.32. The third-order valence-electron chi connectivity index (χ3n) is 5.06. The van der Waals surface area contributed by atoms with Gasteiger partial charge in [0.15, 0.2) is 0 Å². The van der Waals surface area contributed by atoms with Crippen LogP contribution in [0.15, 0.2) is 36.9 Å². The van der Waals surface area contributed by atoms with Crippen LogP contribution in [0.3, 0.4) is 0 Å². The highest BCUT2D eigenvalue weighted by molar-refractivity contribution is 5.90. The molecule has 4 rings (SSSR count). The fourth-order valence-corrected chi connectivity index (χ4v) is 4.01. The lowest BCUT2D eigenvalue weighted by atomic mass is 9.89. The molecule has 0 aromatic carbocycles. The third kappa shape index (κ3) is 3.64. The molecule has 2 bridgehead atoms. The number of amides is 1. The van der Waals surface area contributed by atoms with Gasteiger partial charge in [-0.15, -0.1) is 0 Å². The molecule has 0 saturated carbocycles. The van der Waals surface area contributed by atoms with Crippen LogP contribution in [-0.4, -0.2) is 32.8 Å². The molecule has 2 aromatic heterocycles. The van der Waals surface area contributed by atoms with E-state index in [0.29, 0.717) is 31.0 Å². The molecule has 24 heavy (non-hydrogen) atoms. The average Bonchev–Trinajstić information content (AvgIpc) is 3.14. The molecule has 126 valence electrons. The van der Waals surface area contributed by atoms with Crippen LogP contribution in [0.5, 0.6) is 0 Å². The second-order valence-electron chi connectivity index (χ2n) is 7.01. The van der Waals surface area contributed by atoms with E-state index >= 15 is 0 Å². The minimum atomic E-state index is 0.102. The molecule has 2 aromatic rings. The molecule has 0 radical (unpaired) electrons. The number of anilines is 1. The highest BCUT2D eigenvalue weighted by atomic mass is 16.1. The number of carbonyl (C=O) groups excluding carboxylic acids is 1. The fourth-order valence-electron chi connectivity index (χ4n) is 4.01. The largest absolute Gasteiger partial charge is 0.323 e. The van der Waals surface area contributed by atoms with E-state index in [1.807, 2.05) is 23.0 Å². The molecule has 0 aliphatic carbocycles. The van der Waals surface area contributed by atoms with Crippen LogP contribution in [0.2, 0.25) is 0 Å². The van der Waals surface area contributed by atoms with E-state index in [1.165, 1.54) is 12.8 Å². The molecule has 2 aliphatic rings. The number of hydrogen-bond donors (Lipinski definition) is 2. The summed E-state index contributed by atoms with van der Waals surface area (Å²) in [5.74, 6) is 0.611. The summed E-state index contributed by atoms with van der Waals surface area (Å²) in [7, 11) is 0. The van der Waals surface area contributed by atoms with Gasteiger partial charge >= 0.3 is 0 Å². The number of piperidine rings is 1. The Hall–Kier alpha value is -2.21.